The molecule has 0 spiro atoms. The third kappa shape index (κ3) is 3.62. The van der Waals surface area contributed by atoms with Crippen LogP contribution < -0.4 is 11.1 Å². The zero-order valence-electron chi connectivity index (χ0n) is 9.46. The molecule has 1 aromatic rings. The molecule has 1 rings (SSSR count). The second kappa shape index (κ2) is 6.23. The van der Waals surface area contributed by atoms with Gasteiger partial charge in [0.25, 0.3) is 6.02 Å². The van der Waals surface area contributed by atoms with Crippen molar-refractivity contribution in [1.29, 1.82) is 0 Å². The highest BCUT2D eigenvalue weighted by Gasteiger charge is 2.02. The van der Waals surface area contributed by atoms with Crippen molar-refractivity contribution in [2.24, 2.45) is 4.99 Å². The van der Waals surface area contributed by atoms with Crippen LogP contribution in [0.2, 0.25) is 5.02 Å². The van der Waals surface area contributed by atoms with E-state index in [-0.39, 0.29) is 0 Å². The van der Waals surface area contributed by atoms with Gasteiger partial charge in [-0.25, -0.2) is 4.99 Å². The molecule has 0 aliphatic rings. The summed E-state index contributed by atoms with van der Waals surface area (Å²) in [5.41, 5.74) is 7.36. The smallest absolute Gasteiger partial charge is 0.284 e. The molecule has 0 heterocycles. The normalized spacial score (nSPS) is 11.3. The van der Waals surface area contributed by atoms with Gasteiger partial charge in [-0.2, -0.15) is 0 Å². The van der Waals surface area contributed by atoms with Crippen LogP contribution in [0.4, 0.5) is 5.69 Å². The Kier molecular flexibility index (Phi) is 4.92. The van der Waals surface area contributed by atoms with E-state index in [1.165, 1.54) is 0 Å². The number of benzene rings is 1. The first kappa shape index (κ1) is 12.6. The molecule has 0 amide bonds. The average molecular weight is 242 g/mol. The monoisotopic (exact) mass is 241 g/mol. The Morgan fingerprint density at radius 2 is 2.31 bits per heavy atom. The molecule has 0 aromatic heterocycles. The zero-order chi connectivity index (χ0) is 12.0. The van der Waals surface area contributed by atoms with E-state index in [0.29, 0.717) is 29.8 Å². The Morgan fingerprint density at radius 3 is 2.94 bits per heavy atom. The number of nitrogens with one attached hydrogen (secondary N) is 1. The molecule has 0 saturated carbocycles. The molecule has 0 fully saturated rings. The number of nitrogens with two attached hydrogens (primary N) is 1. The first-order valence-electron chi connectivity index (χ1n) is 4.98. The standard InChI is InChI=1S/C11H16ClN3O/c1-14-11(15-2)16-6-5-8-7-9(13)3-4-10(8)12/h3-4,7H,5-6,13H2,1-2H3,(H,14,15). The number of hydrogen-bond donors (Lipinski definition) is 2. The van der Waals surface area contributed by atoms with Crippen molar-refractivity contribution in [2.75, 3.05) is 26.4 Å². The summed E-state index contributed by atoms with van der Waals surface area (Å²) in [4.78, 5) is 3.90. The van der Waals surface area contributed by atoms with E-state index in [0.717, 1.165) is 5.56 Å². The lowest BCUT2D eigenvalue weighted by Gasteiger charge is -2.09. The summed E-state index contributed by atoms with van der Waals surface area (Å²) >= 11 is 6.02. The molecule has 0 atom stereocenters. The minimum atomic E-state index is 0.511. The molecule has 0 bridgehead atoms. The second-order valence-corrected chi connectivity index (χ2v) is 3.64. The topological polar surface area (TPSA) is 59.6 Å². The number of amidine groups is 1. The largest absolute Gasteiger partial charge is 0.465 e. The lowest BCUT2D eigenvalue weighted by atomic mass is 10.1. The van der Waals surface area contributed by atoms with Crippen LogP contribution >= 0.6 is 11.6 Å². The first-order chi connectivity index (χ1) is 7.67. The van der Waals surface area contributed by atoms with Crippen LogP contribution in [0.3, 0.4) is 0 Å². The number of rotatable bonds is 3. The maximum Gasteiger partial charge on any atom is 0.284 e. The van der Waals surface area contributed by atoms with Gasteiger partial charge in [0, 0.05) is 31.2 Å². The van der Waals surface area contributed by atoms with Crippen LogP contribution in [0.15, 0.2) is 23.2 Å². The van der Waals surface area contributed by atoms with Crippen LogP contribution in [0.1, 0.15) is 5.56 Å². The highest BCUT2D eigenvalue weighted by molar-refractivity contribution is 6.31. The molecule has 5 heteroatoms. The summed E-state index contributed by atoms with van der Waals surface area (Å²) in [6.07, 6.45) is 0.699. The Hall–Kier alpha value is -1.42. The van der Waals surface area contributed by atoms with E-state index in [2.05, 4.69) is 10.3 Å². The lowest BCUT2D eigenvalue weighted by Crippen LogP contribution is -2.22. The number of nitrogens with zero attached hydrogens (tertiary/aromatic N) is 1. The predicted octanol–water partition coefficient (Wildman–Crippen LogP) is 1.69. The maximum atomic E-state index is 6.02. The maximum absolute atomic E-state index is 6.02. The third-order valence-electron chi connectivity index (χ3n) is 2.10. The molecule has 0 radical (unpaired) electrons. The molecule has 4 nitrogen and oxygen atoms in total. The van der Waals surface area contributed by atoms with Gasteiger partial charge in [-0.1, -0.05) is 11.6 Å². The Bertz CT molecular complexity index is 379. The van der Waals surface area contributed by atoms with Gasteiger partial charge in [-0.3, -0.25) is 0 Å². The van der Waals surface area contributed by atoms with Crippen LogP contribution in [0, 0.1) is 0 Å². The van der Waals surface area contributed by atoms with E-state index in [1.54, 1.807) is 26.2 Å². The third-order valence-corrected chi connectivity index (χ3v) is 2.47. The van der Waals surface area contributed by atoms with Crippen LogP contribution in [-0.2, 0) is 11.2 Å². The molecule has 0 saturated heterocycles. The highest BCUT2D eigenvalue weighted by atomic mass is 35.5. The van der Waals surface area contributed by atoms with Crippen LogP contribution in [0.25, 0.3) is 0 Å². The lowest BCUT2D eigenvalue weighted by molar-refractivity contribution is 0.295. The number of nitrogen functional groups attached to an aromatic ring is 1. The zero-order valence-corrected chi connectivity index (χ0v) is 10.2. The van der Waals surface area contributed by atoms with Crippen molar-refractivity contribution in [2.45, 2.75) is 6.42 Å². The Balaban J connectivity index is 2.51. The Labute approximate surface area is 100 Å². The van der Waals surface area contributed by atoms with Gasteiger partial charge >= 0.3 is 0 Å². The van der Waals surface area contributed by atoms with Gasteiger partial charge in [0.15, 0.2) is 0 Å². The summed E-state index contributed by atoms with van der Waals surface area (Å²) in [6, 6.07) is 5.94. The number of aliphatic imine (C=N–C) groups is 1. The molecule has 0 aliphatic carbocycles. The van der Waals surface area contributed by atoms with Gasteiger partial charge in [0.05, 0.1) is 6.61 Å². The number of halogens is 1. The fraction of sp³-hybridized carbons (Fsp3) is 0.364. The fourth-order valence-corrected chi connectivity index (χ4v) is 1.50. The highest BCUT2D eigenvalue weighted by Crippen LogP contribution is 2.19. The van der Waals surface area contributed by atoms with E-state index in [9.17, 15) is 0 Å². The summed E-state index contributed by atoms with van der Waals surface area (Å²) in [6.45, 7) is 0.511. The summed E-state index contributed by atoms with van der Waals surface area (Å²) < 4.78 is 5.38. The van der Waals surface area contributed by atoms with Crippen molar-refractivity contribution in [3.63, 3.8) is 0 Å². The van der Waals surface area contributed by atoms with Crippen molar-refractivity contribution in [3.8, 4) is 0 Å². The molecule has 16 heavy (non-hydrogen) atoms. The van der Waals surface area contributed by atoms with Crippen LogP contribution in [-0.4, -0.2) is 26.7 Å². The van der Waals surface area contributed by atoms with Gasteiger partial charge in [0.2, 0.25) is 0 Å². The molecule has 1 aromatic carbocycles. The molecule has 0 aliphatic heterocycles. The number of ether oxygens (including phenoxy) is 1. The SMILES string of the molecule is CN=C(NC)OCCc1cc(N)ccc1Cl. The van der Waals surface area contributed by atoms with E-state index < -0.39 is 0 Å². The molecule has 88 valence electrons. The minimum Gasteiger partial charge on any atom is -0.465 e. The molecule has 3 N–H and O–H groups in total. The Morgan fingerprint density at radius 1 is 1.56 bits per heavy atom. The number of anilines is 1. The number of hydrogen-bond acceptors (Lipinski definition) is 3. The second-order valence-electron chi connectivity index (χ2n) is 3.23. The quantitative estimate of drug-likeness (QED) is 0.481. The molecular formula is C11H16ClN3O. The van der Waals surface area contributed by atoms with Gasteiger partial charge in [0.1, 0.15) is 0 Å². The first-order valence-corrected chi connectivity index (χ1v) is 5.36. The minimum absolute atomic E-state index is 0.511. The van der Waals surface area contributed by atoms with Crippen molar-refractivity contribution < 1.29 is 4.74 Å². The summed E-state index contributed by atoms with van der Waals surface area (Å²) in [5.74, 6) is 0. The molecular weight excluding hydrogens is 226 g/mol. The van der Waals surface area contributed by atoms with Crippen molar-refractivity contribution >= 4 is 23.3 Å². The van der Waals surface area contributed by atoms with E-state index >= 15 is 0 Å². The summed E-state index contributed by atoms with van der Waals surface area (Å²) in [5, 5.41) is 3.54. The van der Waals surface area contributed by atoms with E-state index in [1.807, 2.05) is 6.07 Å². The van der Waals surface area contributed by atoms with Crippen LogP contribution in [0.5, 0.6) is 0 Å². The van der Waals surface area contributed by atoms with Crippen molar-refractivity contribution in [3.05, 3.63) is 28.8 Å². The van der Waals surface area contributed by atoms with Gasteiger partial charge in [-0.15, -0.1) is 0 Å². The van der Waals surface area contributed by atoms with Gasteiger partial charge in [-0.05, 0) is 23.8 Å². The van der Waals surface area contributed by atoms with Crippen molar-refractivity contribution in [1.82, 2.24) is 5.32 Å². The fourth-order valence-electron chi connectivity index (χ4n) is 1.29. The average Bonchev–Trinajstić information content (AvgIpc) is 2.29. The van der Waals surface area contributed by atoms with Gasteiger partial charge < -0.3 is 15.8 Å². The van der Waals surface area contributed by atoms with E-state index in [4.69, 9.17) is 22.1 Å². The molecule has 0 unspecified atom stereocenters. The predicted molar refractivity (Wildman–Crippen MR) is 67.9 cm³/mol. The summed E-state index contributed by atoms with van der Waals surface area (Å²) in [7, 11) is 3.43.